The van der Waals surface area contributed by atoms with Gasteiger partial charge in [-0.1, -0.05) is 36.4 Å². The summed E-state index contributed by atoms with van der Waals surface area (Å²) in [5.41, 5.74) is 5.40. The van der Waals surface area contributed by atoms with Crippen molar-refractivity contribution in [2.24, 2.45) is 0 Å². The van der Waals surface area contributed by atoms with Gasteiger partial charge in [-0.05, 0) is 28.8 Å². The van der Waals surface area contributed by atoms with Gasteiger partial charge in [-0.2, -0.15) is 15.0 Å². The lowest BCUT2D eigenvalue weighted by Crippen LogP contribution is -2.24. The highest BCUT2D eigenvalue weighted by Gasteiger charge is 2.10. The van der Waals surface area contributed by atoms with Crippen molar-refractivity contribution in [2.75, 3.05) is 43.4 Å². The Bertz CT molecular complexity index is 1350. The molecule has 0 spiro atoms. The number of H-pyrrole nitrogens is 1. The minimum atomic E-state index is -0.568. The molecule has 200 valence electrons. The van der Waals surface area contributed by atoms with Crippen molar-refractivity contribution in [3.8, 4) is 11.6 Å². The Morgan fingerprint density at radius 3 is 1.92 bits per heavy atom. The van der Waals surface area contributed by atoms with E-state index in [0.29, 0.717) is 31.6 Å². The molecule has 38 heavy (non-hydrogen) atoms. The number of methoxy groups -OCH3 is 2. The monoisotopic (exact) mass is 521 g/mol. The summed E-state index contributed by atoms with van der Waals surface area (Å²) in [5.74, 6) is 1.19. The predicted molar refractivity (Wildman–Crippen MR) is 143 cm³/mol. The molecule has 0 saturated heterocycles. The first kappa shape index (κ1) is 26.4. The maximum absolute atomic E-state index is 12.0. The highest BCUT2D eigenvalue weighted by atomic mass is 16.5. The van der Waals surface area contributed by atoms with Gasteiger partial charge < -0.3 is 30.5 Å². The molecule has 4 rings (SSSR count). The SMILES string of the molecule is COCCNCc1ccc(CNc2nc(NCc3ccc(OC)cc3)nc(Nn3cc(O)[nH]c3=O)n2)cc1. The van der Waals surface area contributed by atoms with Crippen LogP contribution >= 0.6 is 0 Å². The lowest BCUT2D eigenvalue weighted by Gasteiger charge is -2.12. The van der Waals surface area contributed by atoms with Crippen molar-refractivity contribution >= 4 is 17.8 Å². The Hall–Kier alpha value is -4.62. The van der Waals surface area contributed by atoms with Crippen molar-refractivity contribution in [3.63, 3.8) is 0 Å². The smallest absolute Gasteiger partial charge is 0.347 e. The molecule has 0 atom stereocenters. The molecule has 0 amide bonds. The van der Waals surface area contributed by atoms with Crippen LogP contribution in [0.1, 0.15) is 16.7 Å². The van der Waals surface area contributed by atoms with Gasteiger partial charge in [0, 0.05) is 33.3 Å². The van der Waals surface area contributed by atoms with Crippen molar-refractivity contribution in [1.29, 1.82) is 0 Å². The Morgan fingerprint density at radius 2 is 1.39 bits per heavy atom. The normalized spacial score (nSPS) is 10.8. The topological polar surface area (TPSA) is 163 Å². The zero-order valence-electron chi connectivity index (χ0n) is 21.2. The lowest BCUT2D eigenvalue weighted by molar-refractivity contribution is 0.199. The van der Waals surface area contributed by atoms with E-state index in [1.54, 1.807) is 14.2 Å². The van der Waals surface area contributed by atoms with Crippen molar-refractivity contribution in [3.05, 3.63) is 81.9 Å². The van der Waals surface area contributed by atoms with E-state index < -0.39 is 5.69 Å². The fraction of sp³-hybridized carbons (Fsp3) is 0.280. The number of imidazole rings is 1. The van der Waals surface area contributed by atoms with E-state index in [0.717, 1.165) is 34.6 Å². The highest BCUT2D eigenvalue weighted by Crippen LogP contribution is 2.15. The van der Waals surface area contributed by atoms with Crippen LogP contribution in [0.3, 0.4) is 0 Å². The number of aromatic amines is 1. The molecule has 0 aliphatic heterocycles. The molecule has 0 aliphatic carbocycles. The number of hydrogen-bond acceptors (Lipinski definition) is 11. The van der Waals surface area contributed by atoms with Crippen LogP contribution in [0.15, 0.2) is 59.5 Å². The molecule has 2 heterocycles. The maximum Gasteiger partial charge on any atom is 0.347 e. The summed E-state index contributed by atoms with van der Waals surface area (Å²) in [5, 5.41) is 19.3. The summed E-state index contributed by atoms with van der Waals surface area (Å²) >= 11 is 0. The quantitative estimate of drug-likeness (QED) is 0.134. The molecular formula is C25H31N9O4. The van der Waals surface area contributed by atoms with Gasteiger partial charge in [0.15, 0.2) is 0 Å². The molecular weight excluding hydrogens is 490 g/mol. The molecule has 0 saturated carbocycles. The Kier molecular flexibility index (Phi) is 9.10. The number of ether oxygens (including phenoxy) is 2. The van der Waals surface area contributed by atoms with Crippen molar-refractivity contribution in [2.45, 2.75) is 19.6 Å². The zero-order valence-corrected chi connectivity index (χ0v) is 21.2. The van der Waals surface area contributed by atoms with E-state index in [-0.39, 0.29) is 11.8 Å². The second-order valence-corrected chi connectivity index (χ2v) is 8.27. The van der Waals surface area contributed by atoms with Gasteiger partial charge in [0.1, 0.15) is 5.75 Å². The van der Waals surface area contributed by atoms with Crippen LogP contribution in [0.2, 0.25) is 0 Å². The minimum Gasteiger partial charge on any atom is -0.497 e. The molecule has 4 aromatic rings. The Balaban J connectivity index is 1.44. The van der Waals surface area contributed by atoms with Crippen LogP contribution in [-0.2, 0) is 24.4 Å². The number of nitrogens with one attached hydrogen (secondary N) is 5. The average Bonchev–Trinajstić information content (AvgIpc) is 3.25. The van der Waals surface area contributed by atoms with Gasteiger partial charge in [0.2, 0.25) is 23.7 Å². The van der Waals surface area contributed by atoms with Gasteiger partial charge in [0.25, 0.3) is 0 Å². The Morgan fingerprint density at radius 1 is 0.842 bits per heavy atom. The average molecular weight is 522 g/mol. The first-order valence-corrected chi connectivity index (χ1v) is 11.9. The largest absolute Gasteiger partial charge is 0.497 e. The van der Waals surface area contributed by atoms with Crippen molar-refractivity contribution in [1.82, 2.24) is 29.9 Å². The molecule has 0 unspecified atom stereocenters. The van der Waals surface area contributed by atoms with E-state index in [4.69, 9.17) is 9.47 Å². The van der Waals surface area contributed by atoms with Gasteiger partial charge in [-0.15, -0.1) is 0 Å². The number of aromatic hydroxyl groups is 1. The molecule has 0 radical (unpaired) electrons. The van der Waals surface area contributed by atoms with Crippen molar-refractivity contribution < 1.29 is 14.6 Å². The first-order chi connectivity index (χ1) is 18.5. The number of benzene rings is 2. The standard InChI is InChI=1S/C25H31N9O4/c1-37-12-11-26-13-17-3-5-18(6-4-17)14-27-22-30-23(28-15-19-7-9-20(38-2)10-8-19)32-24(31-22)33-34-16-21(35)29-25(34)36/h3-10,16,26,35H,11-15H2,1-2H3,(H,29,36)(H3,27,28,30,31,32,33). The van der Waals surface area contributed by atoms with Crippen LogP contribution in [0.5, 0.6) is 11.6 Å². The summed E-state index contributed by atoms with van der Waals surface area (Å²) in [6.07, 6.45) is 1.19. The number of nitrogens with zero attached hydrogens (tertiary/aromatic N) is 4. The van der Waals surface area contributed by atoms with Crippen LogP contribution in [0.4, 0.5) is 17.8 Å². The number of anilines is 3. The Labute approximate surface area is 219 Å². The van der Waals surface area contributed by atoms with E-state index in [9.17, 15) is 9.90 Å². The van der Waals surface area contributed by atoms with Crippen LogP contribution in [0, 0.1) is 0 Å². The lowest BCUT2D eigenvalue weighted by atomic mass is 10.1. The van der Waals surface area contributed by atoms with Crippen LogP contribution in [0.25, 0.3) is 0 Å². The third-order valence-corrected chi connectivity index (χ3v) is 5.46. The zero-order chi connectivity index (χ0) is 26.7. The summed E-state index contributed by atoms with van der Waals surface area (Å²) < 4.78 is 11.3. The van der Waals surface area contributed by atoms with Gasteiger partial charge in [0.05, 0.1) is 19.9 Å². The second kappa shape index (κ2) is 13.1. The summed E-state index contributed by atoms with van der Waals surface area (Å²) in [6.45, 7) is 3.15. The second-order valence-electron chi connectivity index (χ2n) is 8.27. The third kappa shape index (κ3) is 7.69. The van der Waals surface area contributed by atoms with E-state index in [1.807, 2.05) is 36.4 Å². The molecule has 0 bridgehead atoms. The molecule has 2 aromatic heterocycles. The minimum absolute atomic E-state index is 0.110. The fourth-order valence-corrected chi connectivity index (χ4v) is 3.45. The maximum atomic E-state index is 12.0. The van der Waals surface area contributed by atoms with Gasteiger partial charge in [-0.25, -0.2) is 9.47 Å². The molecule has 13 heteroatoms. The molecule has 0 aliphatic rings. The predicted octanol–water partition coefficient (Wildman–Crippen LogP) is 1.91. The third-order valence-electron chi connectivity index (χ3n) is 5.46. The molecule has 0 fully saturated rings. The van der Waals surface area contributed by atoms with Gasteiger partial charge in [-0.3, -0.25) is 10.4 Å². The molecule has 2 aromatic carbocycles. The fourth-order valence-electron chi connectivity index (χ4n) is 3.45. The van der Waals surface area contributed by atoms with Crippen LogP contribution in [-0.4, -0.2) is 57.1 Å². The van der Waals surface area contributed by atoms with E-state index in [1.165, 1.54) is 11.8 Å². The number of aromatic nitrogens is 5. The van der Waals surface area contributed by atoms with Crippen LogP contribution < -0.4 is 31.8 Å². The molecule has 6 N–H and O–H groups in total. The number of hydrogen-bond donors (Lipinski definition) is 6. The summed E-state index contributed by atoms with van der Waals surface area (Å²) in [7, 11) is 3.30. The first-order valence-electron chi connectivity index (χ1n) is 11.9. The highest BCUT2D eigenvalue weighted by molar-refractivity contribution is 5.43. The number of rotatable bonds is 14. The summed E-state index contributed by atoms with van der Waals surface area (Å²) in [4.78, 5) is 27.4. The van der Waals surface area contributed by atoms with E-state index >= 15 is 0 Å². The van der Waals surface area contributed by atoms with Gasteiger partial charge >= 0.3 is 5.69 Å². The van der Waals surface area contributed by atoms with E-state index in [2.05, 4.69) is 53.4 Å². The molecule has 13 nitrogen and oxygen atoms in total. The summed E-state index contributed by atoms with van der Waals surface area (Å²) in [6, 6.07) is 15.8.